The highest BCUT2D eigenvalue weighted by Gasteiger charge is 2.35. The van der Waals surface area contributed by atoms with Gasteiger partial charge in [0, 0.05) is 23.1 Å². The Morgan fingerprint density at radius 2 is 2.31 bits per heavy atom. The predicted octanol–water partition coefficient (Wildman–Crippen LogP) is 2.06. The van der Waals surface area contributed by atoms with Crippen LogP contribution in [0.15, 0.2) is 6.20 Å². The molecular weight excluding hydrogens is 220 g/mol. The van der Waals surface area contributed by atoms with Gasteiger partial charge >= 0.3 is 0 Å². The molecule has 1 heterocycles. The van der Waals surface area contributed by atoms with Gasteiger partial charge in [-0.15, -0.1) is 0 Å². The van der Waals surface area contributed by atoms with Gasteiger partial charge in [-0.2, -0.15) is 16.7 Å². The summed E-state index contributed by atoms with van der Waals surface area (Å²) < 4.78 is 0.409. The fourth-order valence-corrected chi connectivity index (χ4v) is 2.82. The fraction of sp³-hybridized carbons (Fsp3) is 0.636. The number of nitrogen functional groups attached to an aromatic ring is 1. The van der Waals surface area contributed by atoms with Crippen molar-refractivity contribution >= 4 is 23.5 Å². The van der Waals surface area contributed by atoms with Crippen LogP contribution in [0.2, 0.25) is 0 Å². The van der Waals surface area contributed by atoms with Gasteiger partial charge in [0.15, 0.2) is 0 Å². The summed E-state index contributed by atoms with van der Waals surface area (Å²) in [4.78, 5) is 8.17. The highest BCUT2D eigenvalue weighted by atomic mass is 32.2. The number of rotatable bonds is 4. The standard InChI is InChI=1S/C11H18N4S/c1-8-6-13-10(12)15-9(8)14-7-11(16-2)4-3-5-11/h6H,3-5,7H2,1-2H3,(H3,12,13,14,15). The van der Waals surface area contributed by atoms with Crippen LogP contribution in [0.5, 0.6) is 0 Å². The first-order valence-electron chi connectivity index (χ1n) is 5.53. The van der Waals surface area contributed by atoms with E-state index in [4.69, 9.17) is 5.73 Å². The Morgan fingerprint density at radius 1 is 1.56 bits per heavy atom. The van der Waals surface area contributed by atoms with Crippen molar-refractivity contribution in [3.63, 3.8) is 0 Å². The molecule has 3 N–H and O–H groups in total. The van der Waals surface area contributed by atoms with Crippen molar-refractivity contribution in [3.05, 3.63) is 11.8 Å². The van der Waals surface area contributed by atoms with E-state index in [-0.39, 0.29) is 0 Å². The zero-order chi connectivity index (χ0) is 11.6. The van der Waals surface area contributed by atoms with Gasteiger partial charge in [0.05, 0.1) is 0 Å². The molecule has 1 aliphatic rings. The predicted molar refractivity (Wildman–Crippen MR) is 69.8 cm³/mol. The number of nitrogens with one attached hydrogen (secondary N) is 1. The molecule has 0 saturated heterocycles. The van der Waals surface area contributed by atoms with Crippen LogP contribution < -0.4 is 11.1 Å². The average Bonchev–Trinajstić information content (AvgIpc) is 2.22. The summed E-state index contributed by atoms with van der Waals surface area (Å²) in [7, 11) is 0. The van der Waals surface area contributed by atoms with Gasteiger partial charge in [0.25, 0.3) is 0 Å². The second-order valence-corrected chi connectivity index (χ2v) is 5.63. The lowest BCUT2D eigenvalue weighted by Gasteiger charge is -2.40. The molecule has 0 radical (unpaired) electrons. The minimum Gasteiger partial charge on any atom is -0.368 e. The quantitative estimate of drug-likeness (QED) is 0.840. The third kappa shape index (κ3) is 2.24. The van der Waals surface area contributed by atoms with Gasteiger partial charge < -0.3 is 11.1 Å². The van der Waals surface area contributed by atoms with E-state index in [1.807, 2.05) is 18.7 Å². The molecule has 2 rings (SSSR count). The van der Waals surface area contributed by atoms with Crippen LogP contribution in [0.4, 0.5) is 11.8 Å². The number of hydrogen-bond donors (Lipinski definition) is 2. The Labute approximate surface area is 100 Å². The normalized spacial score (nSPS) is 17.9. The van der Waals surface area contributed by atoms with E-state index in [1.54, 1.807) is 6.20 Å². The molecule has 1 aromatic heterocycles. The molecule has 0 atom stereocenters. The molecule has 88 valence electrons. The van der Waals surface area contributed by atoms with Crippen LogP contribution in [-0.4, -0.2) is 27.5 Å². The molecule has 5 heteroatoms. The number of nitrogens with zero attached hydrogens (tertiary/aromatic N) is 2. The molecule has 16 heavy (non-hydrogen) atoms. The van der Waals surface area contributed by atoms with E-state index in [1.165, 1.54) is 19.3 Å². The monoisotopic (exact) mass is 238 g/mol. The van der Waals surface area contributed by atoms with Crippen LogP contribution in [0, 0.1) is 6.92 Å². The van der Waals surface area contributed by atoms with Gasteiger partial charge in [-0.05, 0) is 26.0 Å². The van der Waals surface area contributed by atoms with Crippen LogP contribution in [0.1, 0.15) is 24.8 Å². The lowest BCUT2D eigenvalue weighted by atomic mass is 9.84. The summed E-state index contributed by atoms with van der Waals surface area (Å²) in [6.45, 7) is 2.96. The first-order chi connectivity index (χ1) is 7.65. The van der Waals surface area contributed by atoms with Crippen LogP contribution in [-0.2, 0) is 0 Å². The first kappa shape index (κ1) is 11.5. The van der Waals surface area contributed by atoms with Crippen molar-refractivity contribution in [2.24, 2.45) is 0 Å². The number of hydrogen-bond acceptors (Lipinski definition) is 5. The highest BCUT2D eigenvalue weighted by molar-refractivity contribution is 8.00. The van der Waals surface area contributed by atoms with Gasteiger partial charge in [-0.25, -0.2) is 4.98 Å². The molecule has 1 saturated carbocycles. The van der Waals surface area contributed by atoms with E-state index in [9.17, 15) is 0 Å². The van der Waals surface area contributed by atoms with Gasteiger partial charge in [0.1, 0.15) is 5.82 Å². The van der Waals surface area contributed by atoms with Crippen molar-refractivity contribution in [1.82, 2.24) is 9.97 Å². The molecule has 1 aromatic rings. The summed E-state index contributed by atoms with van der Waals surface area (Å²) in [5, 5.41) is 3.40. The Balaban J connectivity index is 2.01. The topological polar surface area (TPSA) is 63.8 Å². The van der Waals surface area contributed by atoms with Gasteiger partial charge in [-0.3, -0.25) is 0 Å². The molecule has 0 aromatic carbocycles. The first-order valence-corrected chi connectivity index (χ1v) is 6.76. The van der Waals surface area contributed by atoms with E-state index in [0.717, 1.165) is 17.9 Å². The SMILES string of the molecule is CSC1(CNc2nc(N)ncc2C)CCC1. The molecule has 0 aliphatic heterocycles. The van der Waals surface area contributed by atoms with E-state index in [0.29, 0.717) is 10.7 Å². The van der Waals surface area contributed by atoms with Crippen LogP contribution in [0.25, 0.3) is 0 Å². The summed E-state index contributed by atoms with van der Waals surface area (Å²) in [6, 6.07) is 0. The van der Waals surface area contributed by atoms with Crippen molar-refractivity contribution in [2.75, 3.05) is 23.9 Å². The van der Waals surface area contributed by atoms with Crippen LogP contribution >= 0.6 is 11.8 Å². The molecule has 0 unspecified atom stereocenters. The Morgan fingerprint density at radius 3 is 2.88 bits per heavy atom. The number of aromatic nitrogens is 2. The van der Waals surface area contributed by atoms with E-state index >= 15 is 0 Å². The van der Waals surface area contributed by atoms with Crippen molar-refractivity contribution in [1.29, 1.82) is 0 Å². The van der Waals surface area contributed by atoms with E-state index < -0.39 is 0 Å². The highest BCUT2D eigenvalue weighted by Crippen LogP contribution is 2.42. The van der Waals surface area contributed by atoms with Gasteiger partial charge in [0.2, 0.25) is 5.95 Å². The summed E-state index contributed by atoms with van der Waals surface area (Å²) >= 11 is 1.95. The summed E-state index contributed by atoms with van der Waals surface area (Å²) in [5.74, 6) is 1.20. The molecule has 0 bridgehead atoms. The maximum atomic E-state index is 5.58. The second-order valence-electron chi connectivity index (χ2n) is 4.35. The maximum Gasteiger partial charge on any atom is 0.221 e. The van der Waals surface area contributed by atoms with E-state index in [2.05, 4.69) is 21.5 Å². The summed E-state index contributed by atoms with van der Waals surface area (Å²) in [5.41, 5.74) is 6.62. The molecular formula is C11H18N4S. The minimum atomic E-state index is 0.333. The van der Waals surface area contributed by atoms with Crippen LogP contribution in [0.3, 0.4) is 0 Å². The Bertz CT molecular complexity index is 371. The lowest BCUT2D eigenvalue weighted by Crippen LogP contribution is -2.40. The maximum absolute atomic E-state index is 5.58. The zero-order valence-electron chi connectivity index (χ0n) is 9.79. The Hall–Kier alpha value is -0.970. The molecule has 1 fully saturated rings. The Kier molecular flexibility index (Phi) is 3.23. The number of aryl methyl sites for hydroxylation is 1. The summed E-state index contributed by atoms with van der Waals surface area (Å²) in [6.07, 6.45) is 7.87. The third-order valence-corrected chi connectivity index (χ3v) is 4.68. The number of thioether (sulfide) groups is 1. The lowest BCUT2D eigenvalue weighted by molar-refractivity contribution is 0.379. The molecule has 1 aliphatic carbocycles. The smallest absolute Gasteiger partial charge is 0.221 e. The van der Waals surface area contributed by atoms with Crippen molar-refractivity contribution < 1.29 is 0 Å². The van der Waals surface area contributed by atoms with Crippen molar-refractivity contribution in [3.8, 4) is 0 Å². The van der Waals surface area contributed by atoms with Gasteiger partial charge in [-0.1, -0.05) is 6.42 Å². The second kappa shape index (κ2) is 4.49. The zero-order valence-corrected chi connectivity index (χ0v) is 10.6. The number of anilines is 2. The molecule has 0 amide bonds. The average molecular weight is 238 g/mol. The molecule has 4 nitrogen and oxygen atoms in total. The van der Waals surface area contributed by atoms with Crippen molar-refractivity contribution in [2.45, 2.75) is 30.9 Å². The third-order valence-electron chi connectivity index (χ3n) is 3.27. The molecule has 0 spiro atoms. The minimum absolute atomic E-state index is 0.333. The largest absolute Gasteiger partial charge is 0.368 e. The fourth-order valence-electron chi connectivity index (χ4n) is 1.90. The number of nitrogens with two attached hydrogens (primary N) is 1.